The summed E-state index contributed by atoms with van der Waals surface area (Å²) in [7, 11) is 0. The predicted octanol–water partition coefficient (Wildman–Crippen LogP) is 2.81. The first-order valence-corrected chi connectivity index (χ1v) is 6.26. The second kappa shape index (κ2) is 5.46. The van der Waals surface area contributed by atoms with Crippen LogP contribution in [0.1, 0.15) is 17.2 Å². The summed E-state index contributed by atoms with van der Waals surface area (Å²) in [4.78, 5) is 4.00. The molecule has 1 heterocycles. The van der Waals surface area contributed by atoms with Crippen LogP contribution in [0.5, 0.6) is 0 Å². The van der Waals surface area contributed by atoms with Crippen LogP contribution >= 0.6 is 15.9 Å². The number of rotatable bonds is 3. The lowest BCUT2D eigenvalue weighted by atomic mass is 10.00. The van der Waals surface area contributed by atoms with Gasteiger partial charge in [0, 0.05) is 16.7 Å². The number of nitrogens with two attached hydrogens (primary N) is 2. The maximum atomic E-state index is 13.3. The van der Waals surface area contributed by atoms with Crippen molar-refractivity contribution in [2.24, 2.45) is 5.73 Å². The fourth-order valence-electron chi connectivity index (χ4n) is 1.77. The summed E-state index contributed by atoms with van der Waals surface area (Å²) in [6.07, 6.45) is 2.15. The Labute approximate surface area is 113 Å². The molecular weight excluding hydrogens is 297 g/mol. The van der Waals surface area contributed by atoms with Crippen LogP contribution in [-0.2, 0) is 6.42 Å². The molecule has 3 nitrogen and oxygen atoms in total. The molecule has 1 unspecified atom stereocenters. The predicted molar refractivity (Wildman–Crippen MR) is 73.4 cm³/mol. The minimum Gasteiger partial charge on any atom is -0.383 e. The van der Waals surface area contributed by atoms with E-state index in [9.17, 15) is 4.39 Å². The van der Waals surface area contributed by atoms with Gasteiger partial charge in [-0.1, -0.05) is 22.0 Å². The largest absolute Gasteiger partial charge is 0.383 e. The van der Waals surface area contributed by atoms with Crippen LogP contribution in [0.3, 0.4) is 0 Å². The van der Waals surface area contributed by atoms with Gasteiger partial charge in [-0.05, 0) is 41.8 Å². The Morgan fingerprint density at radius 3 is 2.78 bits per heavy atom. The van der Waals surface area contributed by atoms with Crippen LogP contribution < -0.4 is 11.5 Å². The number of anilines is 1. The Bertz CT molecular complexity index is 539. The maximum absolute atomic E-state index is 13.3. The monoisotopic (exact) mass is 309 g/mol. The Hall–Kier alpha value is -1.46. The van der Waals surface area contributed by atoms with E-state index in [-0.39, 0.29) is 11.9 Å². The van der Waals surface area contributed by atoms with Gasteiger partial charge in [0.15, 0.2) is 0 Å². The van der Waals surface area contributed by atoms with Gasteiger partial charge < -0.3 is 11.5 Å². The van der Waals surface area contributed by atoms with E-state index >= 15 is 0 Å². The average Bonchev–Trinajstić information content (AvgIpc) is 2.31. The van der Waals surface area contributed by atoms with Crippen molar-refractivity contribution in [3.8, 4) is 0 Å². The number of hydrogen-bond acceptors (Lipinski definition) is 3. The fraction of sp³-hybridized carbons (Fsp3) is 0.154. The highest BCUT2D eigenvalue weighted by atomic mass is 79.9. The third-order valence-electron chi connectivity index (χ3n) is 2.68. The van der Waals surface area contributed by atoms with Gasteiger partial charge in [0.1, 0.15) is 11.6 Å². The third kappa shape index (κ3) is 3.05. The van der Waals surface area contributed by atoms with Crippen molar-refractivity contribution in [2.45, 2.75) is 12.5 Å². The van der Waals surface area contributed by atoms with Crippen molar-refractivity contribution in [1.82, 2.24) is 4.98 Å². The molecule has 0 aliphatic carbocycles. The van der Waals surface area contributed by atoms with Crippen molar-refractivity contribution in [2.75, 3.05) is 5.73 Å². The van der Waals surface area contributed by atoms with Crippen LogP contribution in [0.4, 0.5) is 10.2 Å². The van der Waals surface area contributed by atoms with E-state index in [1.807, 2.05) is 6.07 Å². The Morgan fingerprint density at radius 2 is 2.11 bits per heavy atom. The Morgan fingerprint density at radius 1 is 1.33 bits per heavy atom. The molecule has 94 valence electrons. The quantitative estimate of drug-likeness (QED) is 0.916. The summed E-state index contributed by atoms with van der Waals surface area (Å²) in [6.45, 7) is 0. The standard InChI is InChI=1S/C13H13BrFN3/c14-10-4-9(5-11(15)7-10)12(16)6-8-2-1-3-18-13(8)17/h1-5,7,12H,6,16H2,(H2,17,18). The smallest absolute Gasteiger partial charge is 0.126 e. The van der Waals surface area contributed by atoms with Crippen molar-refractivity contribution >= 4 is 21.7 Å². The molecule has 0 amide bonds. The summed E-state index contributed by atoms with van der Waals surface area (Å²) in [6, 6.07) is 8.00. The molecule has 1 aromatic heterocycles. The van der Waals surface area contributed by atoms with Gasteiger partial charge in [-0.25, -0.2) is 9.37 Å². The van der Waals surface area contributed by atoms with Crippen molar-refractivity contribution < 1.29 is 4.39 Å². The van der Waals surface area contributed by atoms with Gasteiger partial charge in [-0.15, -0.1) is 0 Å². The van der Waals surface area contributed by atoms with Crippen molar-refractivity contribution in [3.63, 3.8) is 0 Å². The van der Waals surface area contributed by atoms with Gasteiger partial charge in [0.2, 0.25) is 0 Å². The van der Waals surface area contributed by atoms with Crippen molar-refractivity contribution in [3.05, 3.63) is 57.9 Å². The first kappa shape index (κ1) is 13.0. The minimum absolute atomic E-state index is 0.311. The molecule has 2 aromatic rings. The lowest BCUT2D eigenvalue weighted by Gasteiger charge is -2.13. The van der Waals surface area contributed by atoms with E-state index < -0.39 is 0 Å². The van der Waals surface area contributed by atoms with Crippen LogP contribution in [-0.4, -0.2) is 4.98 Å². The molecular formula is C13H13BrFN3. The number of nitrogens with zero attached hydrogens (tertiary/aromatic N) is 1. The summed E-state index contributed by atoms with van der Waals surface area (Å²) in [5.74, 6) is 0.150. The molecule has 1 atom stereocenters. The van der Waals surface area contributed by atoms with E-state index in [4.69, 9.17) is 11.5 Å². The number of aromatic nitrogens is 1. The second-order valence-electron chi connectivity index (χ2n) is 4.06. The van der Waals surface area contributed by atoms with E-state index in [1.165, 1.54) is 12.1 Å². The number of benzene rings is 1. The molecule has 4 N–H and O–H groups in total. The lowest BCUT2D eigenvalue weighted by molar-refractivity contribution is 0.617. The van der Waals surface area contributed by atoms with Gasteiger partial charge >= 0.3 is 0 Å². The van der Waals surface area contributed by atoms with Gasteiger partial charge in [0.25, 0.3) is 0 Å². The lowest BCUT2D eigenvalue weighted by Crippen LogP contribution is -2.15. The number of pyridine rings is 1. The second-order valence-corrected chi connectivity index (χ2v) is 4.98. The van der Waals surface area contributed by atoms with Crippen LogP contribution in [0.15, 0.2) is 41.0 Å². The highest BCUT2D eigenvalue weighted by molar-refractivity contribution is 9.10. The summed E-state index contributed by atoms with van der Waals surface area (Å²) in [5.41, 5.74) is 13.4. The maximum Gasteiger partial charge on any atom is 0.126 e. The highest BCUT2D eigenvalue weighted by Gasteiger charge is 2.11. The normalized spacial score (nSPS) is 12.4. The molecule has 0 radical (unpaired) electrons. The molecule has 0 aliphatic rings. The molecule has 0 aliphatic heterocycles. The molecule has 18 heavy (non-hydrogen) atoms. The van der Waals surface area contributed by atoms with E-state index in [2.05, 4.69) is 20.9 Å². The number of halogens is 2. The van der Waals surface area contributed by atoms with Crippen LogP contribution in [0.25, 0.3) is 0 Å². The molecule has 0 bridgehead atoms. The van der Waals surface area contributed by atoms with Crippen LogP contribution in [0, 0.1) is 5.82 Å². The third-order valence-corrected chi connectivity index (χ3v) is 3.14. The zero-order valence-electron chi connectivity index (χ0n) is 9.61. The minimum atomic E-state index is -0.316. The molecule has 0 spiro atoms. The van der Waals surface area contributed by atoms with Gasteiger partial charge in [-0.3, -0.25) is 0 Å². The summed E-state index contributed by atoms with van der Waals surface area (Å²) in [5, 5.41) is 0. The number of nitrogen functional groups attached to an aromatic ring is 1. The van der Waals surface area contributed by atoms with Crippen molar-refractivity contribution in [1.29, 1.82) is 0 Å². The van der Waals surface area contributed by atoms with E-state index in [0.29, 0.717) is 16.7 Å². The van der Waals surface area contributed by atoms with Gasteiger partial charge in [0.05, 0.1) is 0 Å². The number of hydrogen-bond donors (Lipinski definition) is 2. The molecule has 5 heteroatoms. The van der Waals surface area contributed by atoms with E-state index in [0.717, 1.165) is 11.1 Å². The first-order chi connectivity index (χ1) is 8.56. The van der Waals surface area contributed by atoms with Gasteiger partial charge in [-0.2, -0.15) is 0 Å². The zero-order chi connectivity index (χ0) is 13.1. The summed E-state index contributed by atoms with van der Waals surface area (Å²) < 4.78 is 14.0. The molecule has 0 saturated carbocycles. The fourth-order valence-corrected chi connectivity index (χ4v) is 2.25. The Kier molecular flexibility index (Phi) is 3.93. The topological polar surface area (TPSA) is 64.9 Å². The molecule has 0 fully saturated rings. The zero-order valence-corrected chi connectivity index (χ0v) is 11.2. The summed E-state index contributed by atoms with van der Waals surface area (Å²) >= 11 is 3.25. The average molecular weight is 310 g/mol. The Balaban J connectivity index is 2.22. The molecule has 1 aromatic carbocycles. The molecule has 2 rings (SSSR count). The SMILES string of the molecule is Nc1ncccc1CC(N)c1cc(F)cc(Br)c1. The first-order valence-electron chi connectivity index (χ1n) is 5.47. The van der Waals surface area contributed by atoms with E-state index in [1.54, 1.807) is 18.3 Å². The molecule has 0 saturated heterocycles. The van der Waals surface area contributed by atoms with Crippen LogP contribution in [0.2, 0.25) is 0 Å². The highest BCUT2D eigenvalue weighted by Crippen LogP contribution is 2.23.